The predicted octanol–water partition coefficient (Wildman–Crippen LogP) is 5.21. The fourth-order valence-corrected chi connectivity index (χ4v) is 6.31. The summed E-state index contributed by atoms with van der Waals surface area (Å²) < 4.78 is 19.4. The first-order valence-electron chi connectivity index (χ1n) is 11.7. The van der Waals surface area contributed by atoms with Crippen LogP contribution in [0, 0.1) is 0 Å². The average molecular weight is 457 g/mol. The summed E-state index contributed by atoms with van der Waals surface area (Å²) in [4.78, 5) is 12.8. The van der Waals surface area contributed by atoms with Gasteiger partial charge in [0, 0.05) is 12.8 Å². The third-order valence-corrected chi connectivity index (χ3v) is 7.44. The van der Waals surface area contributed by atoms with Crippen LogP contribution in [0.4, 0.5) is 4.79 Å². The molecule has 0 spiro atoms. The lowest BCUT2D eigenvalue weighted by Gasteiger charge is -2.52. The van der Waals surface area contributed by atoms with Crippen LogP contribution in [0.15, 0.2) is 91.0 Å². The lowest BCUT2D eigenvalue weighted by Crippen LogP contribution is -2.70. The van der Waals surface area contributed by atoms with Gasteiger partial charge in [-0.05, 0) is 30.5 Å². The van der Waals surface area contributed by atoms with Crippen LogP contribution in [0.2, 0.25) is 0 Å². The summed E-state index contributed by atoms with van der Waals surface area (Å²) in [5.41, 5.74) is 3.11. The van der Waals surface area contributed by atoms with E-state index in [1.807, 2.05) is 85.6 Å². The molecule has 174 valence electrons. The van der Waals surface area contributed by atoms with Gasteiger partial charge in [-0.15, -0.1) is 0 Å². The van der Waals surface area contributed by atoms with Gasteiger partial charge in [0.25, 0.3) is 0 Å². The maximum atomic E-state index is 12.8. The Morgan fingerprint density at radius 1 is 0.794 bits per heavy atom. The molecule has 1 N–H and O–H groups in total. The molecule has 4 saturated heterocycles. The second kappa shape index (κ2) is 7.40. The lowest BCUT2D eigenvalue weighted by molar-refractivity contribution is -0.315. The Bertz CT molecular complexity index is 1120. The number of carbonyl (C=O) groups excluding carboxylic acids is 1. The Balaban J connectivity index is 1.34. The number of carbonyl (C=O) groups is 1. The van der Waals surface area contributed by atoms with Gasteiger partial charge in [-0.1, -0.05) is 91.0 Å². The standard InChI is InChI=1S/C28H28N2O4/c1-25-19-27(22-14-8-4-9-15-22)28(33-25,23-16-10-5-11-17-23)20-26(2,34-27)30(25)29-24(31)32-18-21-12-6-3-7-13-21/h3-17H,18-20H2,1-2H3,(H,29,31)/t25-,26-,27+,28+/m0/s1. The monoisotopic (exact) mass is 456 g/mol. The Kier molecular flexibility index (Phi) is 4.65. The molecule has 4 bridgehead atoms. The SMILES string of the molecule is C[C@@]12C[C@]3(c4ccccc4)O[C@@](C)(C[C@]3(c3ccccc3)O1)N2NC(=O)OCc1ccccc1. The summed E-state index contributed by atoms with van der Waals surface area (Å²) in [5, 5.41) is 1.81. The second-order valence-corrected chi connectivity index (χ2v) is 9.80. The maximum absolute atomic E-state index is 12.8. The number of rotatable bonds is 5. The number of nitrogens with zero attached hydrogens (tertiary/aromatic N) is 1. The number of benzene rings is 3. The van der Waals surface area contributed by atoms with Crippen LogP contribution in [-0.2, 0) is 32.0 Å². The van der Waals surface area contributed by atoms with Crippen molar-refractivity contribution in [1.82, 2.24) is 10.4 Å². The third kappa shape index (κ3) is 2.96. The highest BCUT2D eigenvalue weighted by Gasteiger charge is 2.81. The van der Waals surface area contributed by atoms with Crippen molar-refractivity contribution < 1.29 is 19.0 Å². The van der Waals surface area contributed by atoms with Gasteiger partial charge in [0.1, 0.15) is 29.3 Å². The molecular formula is C28H28N2O4. The van der Waals surface area contributed by atoms with Crippen molar-refractivity contribution >= 4 is 6.09 Å². The molecule has 4 aliphatic rings. The third-order valence-electron chi connectivity index (χ3n) is 7.44. The van der Waals surface area contributed by atoms with Gasteiger partial charge in [0.15, 0.2) is 0 Å². The smallest absolute Gasteiger partial charge is 0.422 e. The van der Waals surface area contributed by atoms with Crippen molar-refractivity contribution in [3.63, 3.8) is 0 Å². The minimum atomic E-state index is -0.789. The first-order chi connectivity index (χ1) is 16.4. The van der Waals surface area contributed by atoms with Gasteiger partial charge in [0.2, 0.25) is 0 Å². The zero-order valence-electron chi connectivity index (χ0n) is 19.4. The zero-order chi connectivity index (χ0) is 23.4. The van der Waals surface area contributed by atoms with Gasteiger partial charge in [-0.2, -0.15) is 5.01 Å². The molecule has 4 heterocycles. The van der Waals surface area contributed by atoms with Gasteiger partial charge in [0.05, 0.1) is 0 Å². The van der Waals surface area contributed by atoms with Crippen molar-refractivity contribution in [2.45, 2.75) is 55.9 Å². The summed E-state index contributed by atoms with van der Waals surface area (Å²) in [6, 6.07) is 30.2. The normalized spacial score (nSPS) is 33.7. The Morgan fingerprint density at radius 2 is 1.24 bits per heavy atom. The highest BCUT2D eigenvalue weighted by Crippen LogP contribution is 2.72. The van der Waals surface area contributed by atoms with Crippen LogP contribution in [0.1, 0.15) is 43.4 Å². The lowest BCUT2D eigenvalue weighted by atomic mass is 9.72. The molecular weight excluding hydrogens is 428 g/mol. The van der Waals surface area contributed by atoms with Crippen LogP contribution >= 0.6 is 0 Å². The van der Waals surface area contributed by atoms with E-state index in [9.17, 15) is 4.79 Å². The summed E-state index contributed by atoms with van der Waals surface area (Å²) in [7, 11) is 0. The second-order valence-electron chi connectivity index (χ2n) is 9.80. The summed E-state index contributed by atoms with van der Waals surface area (Å²) in [6.07, 6.45) is 0.593. The molecule has 34 heavy (non-hydrogen) atoms. The molecule has 4 atom stereocenters. The highest BCUT2D eigenvalue weighted by molar-refractivity contribution is 5.67. The van der Waals surface area contributed by atoms with Crippen LogP contribution < -0.4 is 5.43 Å². The van der Waals surface area contributed by atoms with Crippen LogP contribution in [0.25, 0.3) is 0 Å². The Hall–Kier alpha value is -3.19. The van der Waals surface area contributed by atoms with Gasteiger partial charge >= 0.3 is 6.09 Å². The van der Waals surface area contributed by atoms with E-state index in [0.29, 0.717) is 12.8 Å². The fraction of sp³-hybridized carbons (Fsp3) is 0.321. The Labute approximate surface area is 199 Å². The maximum Gasteiger partial charge on any atom is 0.422 e. The van der Waals surface area contributed by atoms with Gasteiger partial charge in [-0.3, -0.25) is 0 Å². The van der Waals surface area contributed by atoms with E-state index in [2.05, 4.69) is 29.7 Å². The van der Waals surface area contributed by atoms with E-state index in [-0.39, 0.29) is 6.61 Å². The number of hydrazine groups is 1. The first kappa shape index (κ1) is 21.4. The molecule has 0 unspecified atom stereocenters. The van der Waals surface area contributed by atoms with Crippen LogP contribution in [0.3, 0.4) is 0 Å². The number of hydrogen-bond donors (Lipinski definition) is 1. The quantitative estimate of drug-likeness (QED) is 0.571. The topological polar surface area (TPSA) is 60.0 Å². The molecule has 4 fully saturated rings. The van der Waals surface area contributed by atoms with Gasteiger partial charge < -0.3 is 14.2 Å². The van der Waals surface area contributed by atoms with Crippen LogP contribution in [0.5, 0.6) is 0 Å². The number of hydrogen-bond acceptors (Lipinski definition) is 5. The summed E-state index contributed by atoms with van der Waals surface area (Å²) in [5.74, 6) is 0. The van der Waals surface area contributed by atoms with Gasteiger partial charge in [-0.25, -0.2) is 10.2 Å². The number of amides is 1. The molecule has 0 saturated carbocycles. The van der Waals surface area contributed by atoms with Crippen LogP contribution in [-0.4, -0.2) is 22.6 Å². The molecule has 6 heteroatoms. The van der Waals surface area contributed by atoms with E-state index in [0.717, 1.165) is 16.7 Å². The summed E-state index contributed by atoms with van der Waals surface area (Å²) >= 11 is 0. The van der Waals surface area contributed by atoms with E-state index in [4.69, 9.17) is 14.2 Å². The minimum Gasteiger partial charge on any atom is -0.444 e. The molecule has 0 radical (unpaired) electrons. The zero-order valence-corrected chi connectivity index (χ0v) is 19.4. The van der Waals surface area contributed by atoms with E-state index in [1.165, 1.54) is 0 Å². The molecule has 7 rings (SSSR count). The fourth-order valence-electron chi connectivity index (χ4n) is 6.31. The molecule has 0 aromatic heterocycles. The first-order valence-corrected chi connectivity index (χ1v) is 11.7. The Morgan fingerprint density at radius 3 is 1.71 bits per heavy atom. The van der Waals surface area contributed by atoms with E-state index >= 15 is 0 Å². The minimum absolute atomic E-state index is 0.192. The van der Waals surface area contributed by atoms with Crippen molar-refractivity contribution in [2.75, 3.05) is 0 Å². The molecule has 6 nitrogen and oxygen atoms in total. The van der Waals surface area contributed by atoms with E-state index < -0.39 is 28.7 Å². The predicted molar refractivity (Wildman–Crippen MR) is 126 cm³/mol. The summed E-state index contributed by atoms with van der Waals surface area (Å²) in [6.45, 7) is 4.23. The van der Waals surface area contributed by atoms with Crippen molar-refractivity contribution in [1.29, 1.82) is 0 Å². The van der Waals surface area contributed by atoms with E-state index in [1.54, 1.807) is 0 Å². The molecule has 0 aliphatic carbocycles. The average Bonchev–Trinajstić information content (AvgIpc) is 3.21. The molecule has 4 aliphatic heterocycles. The highest BCUT2D eigenvalue weighted by atomic mass is 16.7. The molecule has 3 aromatic rings. The number of nitrogens with one attached hydrogen (secondary N) is 1. The van der Waals surface area contributed by atoms with Crippen molar-refractivity contribution in [3.05, 3.63) is 108 Å². The van der Waals surface area contributed by atoms with Crippen molar-refractivity contribution in [2.24, 2.45) is 0 Å². The molecule has 3 aromatic carbocycles. The number of ether oxygens (including phenoxy) is 3. The molecule has 1 amide bonds. The van der Waals surface area contributed by atoms with Crippen molar-refractivity contribution in [3.8, 4) is 0 Å². The largest absolute Gasteiger partial charge is 0.444 e.